The first-order valence-electron chi connectivity index (χ1n) is 10.9. The summed E-state index contributed by atoms with van der Waals surface area (Å²) in [6.07, 6.45) is 6.68. The fraction of sp³-hybridized carbons (Fsp3) is 0.591. The second kappa shape index (κ2) is 13.4. The molecule has 1 aromatic carbocycles. The Hall–Kier alpha value is -2.04. The maximum absolute atomic E-state index is 5.95. The molecule has 1 aliphatic rings. The minimum Gasteiger partial charge on any atom is -0.497 e. The molecule has 172 valence electrons. The van der Waals surface area contributed by atoms with Crippen molar-refractivity contribution >= 4 is 29.9 Å². The van der Waals surface area contributed by atoms with Crippen molar-refractivity contribution in [2.24, 2.45) is 4.99 Å². The van der Waals surface area contributed by atoms with Crippen LogP contribution >= 0.6 is 24.0 Å². The van der Waals surface area contributed by atoms with Gasteiger partial charge in [0.2, 0.25) is 0 Å². The Morgan fingerprint density at radius 3 is 2.84 bits per heavy atom. The molecule has 0 bridgehead atoms. The van der Waals surface area contributed by atoms with Gasteiger partial charge in [0.05, 0.1) is 13.7 Å². The topological polar surface area (TPSA) is 85.6 Å². The molecular weight excluding hydrogens is 507 g/mol. The van der Waals surface area contributed by atoms with Crippen LogP contribution in [0.2, 0.25) is 0 Å². The SMILES string of the molecule is CN=C(NCCCc1nnc2n1CCCCC2)NCC(C)Oc1cccc(OC)c1.I. The number of hydrogen-bond donors (Lipinski definition) is 2. The molecule has 2 N–H and O–H groups in total. The van der Waals surface area contributed by atoms with Crippen molar-refractivity contribution in [3.8, 4) is 11.5 Å². The Balaban J connectivity index is 0.00000341. The zero-order valence-corrected chi connectivity index (χ0v) is 21.1. The number of methoxy groups -OCH3 is 1. The van der Waals surface area contributed by atoms with Crippen LogP contribution in [-0.2, 0) is 19.4 Å². The number of hydrogen-bond acceptors (Lipinski definition) is 5. The summed E-state index contributed by atoms with van der Waals surface area (Å²) in [4.78, 5) is 4.30. The van der Waals surface area contributed by atoms with Crippen LogP contribution in [0.1, 0.15) is 44.3 Å². The molecule has 1 unspecified atom stereocenters. The van der Waals surface area contributed by atoms with E-state index >= 15 is 0 Å². The quantitative estimate of drug-likeness (QED) is 0.219. The van der Waals surface area contributed by atoms with Crippen molar-refractivity contribution in [1.82, 2.24) is 25.4 Å². The fourth-order valence-corrected chi connectivity index (χ4v) is 3.59. The summed E-state index contributed by atoms with van der Waals surface area (Å²) in [5.74, 6) is 4.61. The van der Waals surface area contributed by atoms with E-state index in [2.05, 4.69) is 30.4 Å². The van der Waals surface area contributed by atoms with Gasteiger partial charge < -0.3 is 24.7 Å². The van der Waals surface area contributed by atoms with Crippen LogP contribution < -0.4 is 20.1 Å². The van der Waals surface area contributed by atoms with E-state index < -0.39 is 0 Å². The van der Waals surface area contributed by atoms with E-state index in [9.17, 15) is 0 Å². The van der Waals surface area contributed by atoms with Gasteiger partial charge in [-0.1, -0.05) is 12.5 Å². The average Bonchev–Trinajstić information content (AvgIpc) is 2.99. The lowest BCUT2D eigenvalue weighted by Gasteiger charge is -2.18. The second-order valence-corrected chi connectivity index (χ2v) is 7.59. The highest BCUT2D eigenvalue weighted by Crippen LogP contribution is 2.19. The number of nitrogens with zero attached hydrogens (tertiary/aromatic N) is 4. The molecule has 2 aromatic rings. The van der Waals surface area contributed by atoms with Crippen molar-refractivity contribution in [3.63, 3.8) is 0 Å². The molecule has 0 radical (unpaired) electrons. The lowest BCUT2D eigenvalue weighted by atomic mass is 10.2. The number of ether oxygens (including phenoxy) is 2. The number of halogens is 1. The van der Waals surface area contributed by atoms with E-state index in [0.717, 1.165) is 61.5 Å². The average molecular weight is 542 g/mol. The van der Waals surface area contributed by atoms with Gasteiger partial charge in [-0.05, 0) is 38.3 Å². The Bertz CT molecular complexity index is 826. The third kappa shape index (κ3) is 7.86. The molecular formula is C22H35IN6O2. The number of nitrogens with one attached hydrogen (secondary N) is 2. The van der Waals surface area contributed by atoms with Crippen LogP contribution in [0.25, 0.3) is 0 Å². The van der Waals surface area contributed by atoms with E-state index in [1.165, 1.54) is 19.3 Å². The van der Waals surface area contributed by atoms with Crippen molar-refractivity contribution in [2.45, 2.75) is 58.1 Å². The van der Waals surface area contributed by atoms with E-state index in [4.69, 9.17) is 9.47 Å². The van der Waals surface area contributed by atoms with Crippen LogP contribution in [-0.4, -0.2) is 54.1 Å². The summed E-state index contributed by atoms with van der Waals surface area (Å²) in [6, 6.07) is 7.63. The van der Waals surface area contributed by atoms with E-state index in [0.29, 0.717) is 6.54 Å². The molecule has 3 rings (SSSR count). The predicted molar refractivity (Wildman–Crippen MR) is 134 cm³/mol. The number of aromatic nitrogens is 3. The van der Waals surface area contributed by atoms with Gasteiger partial charge in [-0.3, -0.25) is 4.99 Å². The molecule has 0 aliphatic carbocycles. The molecule has 9 heteroatoms. The maximum atomic E-state index is 5.95. The van der Waals surface area contributed by atoms with Gasteiger partial charge in [0.25, 0.3) is 0 Å². The second-order valence-electron chi connectivity index (χ2n) is 7.59. The molecule has 0 saturated carbocycles. The smallest absolute Gasteiger partial charge is 0.191 e. The van der Waals surface area contributed by atoms with Gasteiger partial charge in [0, 0.05) is 39.0 Å². The van der Waals surface area contributed by atoms with Crippen LogP contribution in [0.3, 0.4) is 0 Å². The van der Waals surface area contributed by atoms with Crippen molar-refractivity contribution in [2.75, 3.05) is 27.2 Å². The molecule has 8 nitrogen and oxygen atoms in total. The molecule has 0 spiro atoms. The first kappa shape index (κ1) is 25.2. The van der Waals surface area contributed by atoms with Crippen LogP contribution in [0.5, 0.6) is 11.5 Å². The number of guanidine groups is 1. The Kier molecular flexibility index (Phi) is 10.9. The highest BCUT2D eigenvalue weighted by atomic mass is 127. The molecule has 1 atom stereocenters. The normalized spacial score (nSPS) is 14.6. The number of rotatable bonds is 9. The van der Waals surface area contributed by atoms with E-state index in [-0.39, 0.29) is 30.1 Å². The summed E-state index contributed by atoms with van der Waals surface area (Å²) >= 11 is 0. The first-order valence-corrected chi connectivity index (χ1v) is 10.9. The number of aryl methyl sites for hydroxylation is 2. The highest BCUT2D eigenvalue weighted by Gasteiger charge is 2.14. The van der Waals surface area contributed by atoms with Gasteiger partial charge in [-0.2, -0.15) is 0 Å². The highest BCUT2D eigenvalue weighted by molar-refractivity contribution is 14.0. The van der Waals surface area contributed by atoms with Gasteiger partial charge in [-0.15, -0.1) is 34.2 Å². The summed E-state index contributed by atoms with van der Waals surface area (Å²) in [7, 11) is 3.43. The van der Waals surface area contributed by atoms with Gasteiger partial charge >= 0.3 is 0 Å². The van der Waals surface area contributed by atoms with E-state index in [1.807, 2.05) is 31.2 Å². The minimum atomic E-state index is -0.0119. The van der Waals surface area contributed by atoms with Gasteiger partial charge in [-0.25, -0.2) is 0 Å². The Labute approximate surface area is 202 Å². The zero-order chi connectivity index (χ0) is 21.2. The lowest BCUT2D eigenvalue weighted by Crippen LogP contribution is -2.42. The fourth-order valence-electron chi connectivity index (χ4n) is 3.59. The third-order valence-corrected chi connectivity index (χ3v) is 5.21. The van der Waals surface area contributed by atoms with Gasteiger partial charge in [0.1, 0.15) is 29.3 Å². The first-order chi connectivity index (χ1) is 14.7. The molecule has 0 fully saturated rings. The third-order valence-electron chi connectivity index (χ3n) is 5.21. The molecule has 0 amide bonds. The molecule has 0 saturated heterocycles. The Morgan fingerprint density at radius 1 is 1.19 bits per heavy atom. The van der Waals surface area contributed by atoms with Crippen LogP contribution in [0.15, 0.2) is 29.3 Å². The minimum absolute atomic E-state index is 0. The summed E-state index contributed by atoms with van der Waals surface area (Å²) in [5, 5.41) is 15.5. The zero-order valence-electron chi connectivity index (χ0n) is 18.8. The molecule has 1 aromatic heterocycles. The molecule has 2 heterocycles. The predicted octanol–water partition coefficient (Wildman–Crippen LogP) is 3.20. The number of fused-ring (bicyclic) bond motifs is 1. The van der Waals surface area contributed by atoms with Crippen molar-refractivity contribution in [3.05, 3.63) is 35.9 Å². The monoisotopic (exact) mass is 542 g/mol. The van der Waals surface area contributed by atoms with Crippen molar-refractivity contribution < 1.29 is 9.47 Å². The van der Waals surface area contributed by atoms with E-state index in [1.54, 1.807) is 14.2 Å². The largest absolute Gasteiger partial charge is 0.497 e. The molecule has 1 aliphatic heterocycles. The summed E-state index contributed by atoms with van der Waals surface area (Å²) < 4.78 is 13.5. The summed E-state index contributed by atoms with van der Waals surface area (Å²) in [6.45, 7) is 4.55. The van der Waals surface area contributed by atoms with Crippen molar-refractivity contribution in [1.29, 1.82) is 0 Å². The maximum Gasteiger partial charge on any atom is 0.191 e. The number of aliphatic imine (C=N–C) groups is 1. The number of benzene rings is 1. The Morgan fingerprint density at radius 2 is 2.03 bits per heavy atom. The molecule has 31 heavy (non-hydrogen) atoms. The van der Waals surface area contributed by atoms with Crippen LogP contribution in [0.4, 0.5) is 0 Å². The lowest BCUT2D eigenvalue weighted by molar-refractivity contribution is 0.223. The standard InChI is InChI=1S/C22H34N6O2.HI/c1-17(30-19-10-7-9-18(15-19)29-3)16-25-22(23-2)24-13-8-12-21-27-26-20-11-5-4-6-14-28(20)21;/h7,9-10,15,17H,4-6,8,11-14,16H2,1-3H3,(H2,23,24,25);1H. The van der Waals surface area contributed by atoms with Gasteiger partial charge in [0.15, 0.2) is 5.96 Å². The summed E-state index contributed by atoms with van der Waals surface area (Å²) in [5.41, 5.74) is 0. The van der Waals surface area contributed by atoms with Crippen LogP contribution in [0, 0.1) is 0 Å².